The molecule has 0 saturated carbocycles. The topological polar surface area (TPSA) is 77.5 Å². The fraction of sp³-hybridized carbons (Fsp3) is 0.143. The van der Waals surface area contributed by atoms with Crippen LogP contribution in [0.15, 0.2) is 29.2 Å². The third-order valence-corrected chi connectivity index (χ3v) is 2.97. The predicted molar refractivity (Wildman–Crippen MR) is 50.2 cm³/mol. The van der Waals surface area contributed by atoms with Gasteiger partial charge in [0, 0.05) is 6.26 Å². The molecular formula is C7H7FO5S2. The molecule has 0 radical (unpaired) electrons. The smallest absolute Gasteiger partial charge is 0.358 e. The van der Waals surface area contributed by atoms with E-state index in [4.69, 9.17) is 0 Å². The zero-order valence-electron chi connectivity index (χ0n) is 7.55. The van der Waals surface area contributed by atoms with E-state index >= 15 is 0 Å². The first kappa shape index (κ1) is 11.9. The van der Waals surface area contributed by atoms with Crippen molar-refractivity contribution >= 4 is 20.3 Å². The minimum Gasteiger partial charge on any atom is -0.358 e. The fourth-order valence-electron chi connectivity index (χ4n) is 0.857. The zero-order valence-corrected chi connectivity index (χ0v) is 9.18. The van der Waals surface area contributed by atoms with Gasteiger partial charge in [0.1, 0.15) is 5.75 Å². The van der Waals surface area contributed by atoms with Gasteiger partial charge in [0.25, 0.3) is 0 Å². The highest BCUT2D eigenvalue weighted by molar-refractivity contribution is 7.90. The molecule has 0 saturated heterocycles. The number of halogens is 1. The van der Waals surface area contributed by atoms with Gasteiger partial charge in [0.2, 0.25) is 0 Å². The fourth-order valence-corrected chi connectivity index (χ4v) is 1.83. The van der Waals surface area contributed by atoms with Crippen molar-refractivity contribution in [1.29, 1.82) is 0 Å². The van der Waals surface area contributed by atoms with Gasteiger partial charge in [0.15, 0.2) is 9.84 Å². The van der Waals surface area contributed by atoms with Gasteiger partial charge >= 0.3 is 10.5 Å². The van der Waals surface area contributed by atoms with Gasteiger partial charge in [-0.15, -0.1) is 0 Å². The molecule has 0 heterocycles. The van der Waals surface area contributed by atoms with Crippen LogP contribution in [0, 0.1) is 0 Å². The Morgan fingerprint density at radius 1 is 1.07 bits per heavy atom. The van der Waals surface area contributed by atoms with E-state index in [1.54, 1.807) is 0 Å². The number of rotatable bonds is 3. The lowest BCUT2D eigenvalue weighted by molar-refractivity contribution is 0.440. The highest BCUT2D eigenvalue weighted by Crippen LogP contribution is 2.17. The van der Waals surface area contributed by atoms with E-state index < -0.39 is 20.3 Å². The van der Waals surface area contributed by atoms with Crippen molar-refractivity contribution < 1.29 is 24.9 Å². The van der Waals surface area contributed by atoms with E-state index in [1.165, 1.54) is 0 Å². The minimum atomic E-state index is -5.07. The zero-order chi connectivity index (χ0) is 11.7. The summed E-state index contributed by atoms with van der Waals surface area (Å²) < 4.78 is 58.1. The summed E-state index contributed by atoms with van der Waals surface area (Å²) in [6.07, 6.45) is 0.995. The normalized spacial score (nSPS) is 12.4. The third-order valence-electron chi connectivity index (χ3n) is 1.45. The summed E-state index contributed by atoms with van der Waals surface area (Å²) in [6.45, 7) is 0. The molecule has 15 heavy (non-hydrogen) atoms. The molecule has 0 amide bonds. The van der Waals surface area contributed by atoms with Gasteiger partial charge in [0.05, 0.1) is 4.90 Å². The maximum atomic E-state index is 12.0. The Hall–Kier alpha value is -1.15. The van der Waals surface area contributed by atoms with Gasteiger partial charge < -0.3 is 4.18 Å². The quantitative estimate of drug-likeness (QED) is 0.741. The molecule has 0 N–H and O–H groups in total. The van der Waals surface area contributed by atoms with E-state index in [1.807, 2.05) is 0 Å². The van der Waals surface area contributed by atoms with E-state index in [-0.39, 0.29) is 10.6 Å². The highest BCUT2D eigenvalue weighted by atomic mass is 32.3. The van der Waals surface area contributed by atoms with Crippen molar-refractivity contribution in [2.45, 2.75) is 4.90 Å². The Bertz CT molecular complexity index is 544. The molecule has 0 spiro atoms. The molecule has 0 bridgehead atoms. The molecule has 84 valence electrons. The second-order valence-corrected chi connectivity index (χ2v) is 5.69. The van der Waals surface area contributed by atoms with E-state index in [0.29, 0.717) is 0 Å². The standard InChI is InChI=1S/C7H7FO5S2/c1-14(9,10)7-4-2-6(3-5-7)13-15(8,11)12/h2-5H,1H3. The molecule has 0 fully saturated rings. The van der Waals surface area contributed by atoms with Crippen LogP contribution in [0.2, 0.25) is 0 Å². The van der Waals surface area contributed by atoms with Crippen molar-refractivity contribution in [3.8, 4) is 5.75 Å². The molecule has 0 aliphatic heterocycles. The van der Waals surface area contributed by atoms with Gasteiger partial charge in [-0.2, -0.15) is 8.42 Å². The molecule has 1 aromatic rings. The molecule has 0 aliphatic carbocycles. The second kappa shape index (κ2) is 3.78. The molecular weight excluding hydrogens is 247 g/mol. The number of benzene rings is 1. The molecule has 0 atom stereocenters. The monoisotopic (exact) mass is 254 g/mol. The van der Waals surface area contributed by atoms with Crippen LogP contribution >= 0.6 is 0 Å². The lowest BCUT2D eigenvalue weighted by Crippen LogP contribution is -2.02. The van der Waals surface area contributed by atoms with Crippen LogP contribution < -0.4 is 4.18 Å². The first-order chi connectivity index (χ1) is 6.68. The lowest BCUT2D eigenvalue weighted by atomic mass is 10.3. The highest BCUT2D eigenvalue weighted by Gasteiger charge is 2.11. The van der Waals surface area contributed by atoms with Crippen LogP contribution in [0.5, 0.6) is 5.75 Å². The second-order valence-electron chi connectivity index (χ2n) is 2.72. The maximum Gasteiger partial charge on any atom is 0.488 e. The summed E-state index contributed by atoms with van der Waals surface area (Å²) in [5.74, 6) is -0.287. The van der Waals surface area contributed by atoms with E-state index in [2.05, 4.69) is 4.18 Å². The molecule has 5 nitrogen and oxygen atoms in total. The lowest BCUT2D eigenvalue weighted by Gasteiger charge is -2.01. The summed E-state index contributed by atoms with van der Waals surface area (Å²) in [7, 11) is -8.44. The largest absolute Gasteiger partial charge is 0.488 e. The number of hydrogen-bond donors (Lipinski definition) is 0. The Morgan fingerprint density at radius 3 is 1.87 bits per heavy atom. The molecule has 0 aromatic heterocycles. The van der Waals surface area contributed by atoms with E-state index in [0.717, 1.165) is 30.5 Å². The third kappa shape index (κ3) is 3.84. The Morgan fingerprint density at radius 2 is 1.53 bits per heavy atom. The first-order valence-electron chi connectivity index (χ1n) is 3.63. The molecule has 0 unspecified atom stereocenters. The van der Waals surface area contributed by atoms with Crippen molar-refractivity contribution in [3.63, 3.8) is 0 Å². The van der Waals surface area contributed by atoms with Crippen molar-refractivity contribution in [3.05, 3.63) is 24.3 Å². The first-order valence-corrected chi connectivity index (χ1v) is 6.83. The summed E-state index contributed by atoms with van der Waals surface area (Å²) in [4.78, 5) is -0.00824. The van der Waals surface area contributed by atoms with Gasteiger partial charge in [-0.05, 0) is 24.3 Å². The van der Waals surface area contributed by atoms with Gasteiger partial charge in [-0.3, -0.25) is 0 Å². The SMILES string of the molecule is CS(=O)(=O)c1ccc(OS(=O)(=O)F)cc1. The van der Waals surface area contributed by atoms with Crippen molar-refractivity contribution in [2.24, 2.45) is 0 Å². The van der Waals surface area contributed by atoms with E-state index in [9.17, 15) is 20.7 Å². The van der Waals surface area contributed by atoms with Crippen molar-refractivity contribution in [2.75, 3.05) is 6.26 Å². The summed E-state index contributed by atoms with van der Waals surface area (Å²) in [5.41, 5.74) is 0. The predicted octanol–water partition coefficient (Wildman–Crippen LogP) is 0.683. The summed E-state index contributed by atoms with van der Waals surface area (Å²) in [5, 5.41) is 0. The summed E-state index contributed by atoms with van der Waals surface area (Å²) >= 11 is 0. The van der Waals surface area contributed by atoms with Crippen LogP contribution in [0.4, 0.5) is 3.89 Å². The van der Waals surface area contributed by atoms with Crippen LogP contribution in [-0.4, -0.2) is 23.1 Å². The van der Waals surface area contributed by atoms with Crippen molar-refractivity contribution in [1.82, 2.24) is 0 Å². The Labute approximate surface area is 86.8 Å². The Balaban J connectivity index is 3.02. The van der Waals surface area contributed by atoms with Crippen LogP contribution in [0.25, 0.3) is 0 Å². The minimum absolute atomic E-state index is 0.00824. The number of sulfone groups is 1. The average Bonchev–Trinajstić information content (AvgIpc) is 2.00. The Kier molecular flexibility index (Phi) is 3.00. The molecule has 8 heteroatoms. The van der Waals surface area contributed by atoms with Gasteiger partial charge in [-0.25, -0.2) is 8.42 Å². The van der Waals surface area contributed by atoms with Crippen LogP contribution in [-0.2, 0) is 20.3 Å². The summed E-state index contributed by atoms with van der Waals surface area (Å²) in [6, 6.07) is 4.34. The van der Waals surface area contributed by atoms with Crippen LogP contribution in [0.1, 0.15) is 0 Å². The molecule has 1 aromatic carbocycles. The molecule has 1 rings (SSSR count). The van der Waals surface area contributed by atoms with Crippen LogP contribution in [0.3, 0.4) is 0 Å². The maximum absolute atomic E-state index is 12.0. The number of hydrogen-bond acceptors (Lipinski definition) is 5. The van der Waals surface area contributed by atoms with Gasteiger partial charge in [-0.1, -0.05) is 3.89 Å². The molecule has 0 aliphatic rings. The average molecular weight is 254 g/mol.